The number of amides is 2. The molecule has 3 aromatic carbocycles. The monoisotopic (exact) mass is 572 g/mol. The highest BCUT2D eigenvalue weighted by Crippen LogP contribution is 2.44. The number of thiazole rings is 1. The SMILES string of the molecule is CCCN=C(N)N.O=C(CNC(=O)OCC1c2ccccc2-c2ccccc21)NCC(=O)c1nc2ccccc2s1. The predicted octanol–water partition coefficient (Wildman–Crippen LogP) is 3.80. The normalized spacial score (nSPS) is 11.4. The lowest BCUT2D eigenvalue weighted by Crippen LogP contribution is -2.39. The van der Waals surface area contributed by atoms with Gasteiger partial charge in [0.15, 0.2) is 11.0 Å². The van der Waals surface area contributed by atoms with Gasteiger partial charge in [0.05, 0.1) is 16.8 Å². The van der Waals surface area contributed by atoms with Crippen molar-refractivity contribution in [3.63, 3.8) is 0 Å². The fourth-order valence-corrected chi connectivity index (χ4v) is 5.25. The zero-order valence-electron chi connectivity index (χ0n) is 22.6. The molecule has 1 aliphatic rings. The van der Waals surface area contributed by atoms with Crippen molar-refractivity contribution < 1.29 is 19.1 Å². The first-order valence-electron chi connectivity index (χ1n) is 13.2. The second kappa shape index (κ2) is 14.0. The van der Waals surface area contributed by atoms with Crippen molar-refractivity contribution in [1.82, 2.24) is 15.6 Å². The van der Waals surface area contributed by atoms with E-state index in [-0.39, 0.29) is 37.4 Å². The van der Waals surface area contributed by atoms with Crippen LogP contribution < -0.4 is 22.1 Å². The number of nitrogens with one attached hydrogen (secondary N) is 2. The number of alkyl carbamates (subject to hydrolysis) is 1. The molecule has 0 unspecified atom stereocenters. The van der Waals surface area contributed by atoms with Gasteiger partial charge in [-0.3, -0.25) is 14.6 Å². The maximum Gasteiger partial charge on any atom is 0.407 e. The van der Waals surface area contributed by atoms with Crippen LogP contribution in [-0.4, -0.2) is 55.0 Å². The number of nitrogens with two attached hydrogens (primary N) is 2. The molecule has 212 valence electrons. The molecule has 10 nitrogen and oxygen atoms in total. The average Bonchev–Trinajstić information content (AvgIpc) is 3.56. The molecule has 0 aliphatic heterocycles. The molecule has 0 atom stereocenters. The number of benzene rings is 3. The van der Waals surface area contributed by atoms with E-state index in [9.17, 15) is 14.4 Å². The maximum absolute atomic E-state index is 12.3. The van der Waals surface area contributed by atoms with E-state index in [1.54, 1.807) is 0 Å². The molecule has 41 heavy (non-hydrogen) atoms. The second-order valence-electron chi connectivity index (χ2n) is 9.17. The van der Waals surface area contributed by atoms with Crippen molar-refractivity contribution in [2.24, 2.45) is 16.5 Å². The smallest absolute Gasteiger partial charge is 0.407 e. The number of ketones is 1. The Bertz CT molecular complexity index is 1480. The van der Waals surface area contributed by atoms with Crippen LogP contribution in [0.4, 0.5) is 4.79 Å². The lowest BCUT2D eigenvalue weighted by Gasteiger charge is -2.14. The van der Waals surface area contributed by atoms with Gasteiger partial charge in [-0.2, -0.15) is 0 Å². The van der Waals surface area contributed by atoms with Gasteiger partial charge >= 0.3 is 6.09 Å². The number of nitrogens with zero attached hydrogens (tertiary/aromatic N) is 2. The first-order chi connectivity index (χ1) is 19.9. The largest absolute Gasteiger partial charge is 0.449 e. The van der Waals surface area contributed by atoms with E-state index in [1.165, 1.54) is 11.3 Å². The van der Waals surface area contributed by atoms with Gasteiger partial charge in [-0.1, -0.05) is 67.6 Å². The van der Waals surface area contributed by atoms with Gasteiger partial charge < -0.3 is 26.8 Å². The number of ether oxygens (including phenoxy) is 1. The number of carbonyl (C=O) groups is 3. The van der Waals surface area contributed by atoms with Crippen LogP contribution in [0.1, 0.15) is 40.2 Å². The Morgan fingerprint density at radius 3 is 2.15 bits per heavy atom. The van der Waals surface area contributed by atoms with Crippen molar-refractivity contribution in [1.29, 1.82) is 0 Å². The Balaban J connectivity index is 0.000000493. The minimum absolute atomic E-state index is 0.0570. The van der Waals surface area contributed by atoms with Gasteiger partial charge in [0, 0.05) is 12.5 Å². The first-order valence-corrected chi connectivity index (χ1v) is 14.0. The average molecular weight is 573 g/mol. The number of carbonyl (C=O) groups excluding carboxylic acids is 3. The van der Waals surface area contributed by atoms with Crippen molar-refractivity contribution in [2.45, 2.75) is 19.3 Å². The molecule has 1 heterocycles. The van der Waals surface area contributed by atoms with E-state index in [4.69, 9.17) is 16.2 Å². The number of para-hydroxylation sites is 1. The number of guanidine groups is 1. The van der Waals surface area contributed by atoms with E-state index in [0.29, 0.717) is 5.01 Å². The molecule has 5 rings (SSSR count). The van der Waals surface area contributed by atoms with Gasteiger partial charge in [-0.05, 0) is 40.8 Å². The van der Waals surface area contributed by atoms with Gasteiger partial charge in [0.1, 0.15) is 13.2 Å². The third-order valence-electron chi connectivity index (χ3n) is 6.23. The number of rotatable bonds is 9. The summed E-state index contributed by atoms with van der Waals surface area (Å²) >= 11 is 1.28. The van der Waals surface area contributed by atoms with Gasteiger partial charge in [-0.25, -0.2) is 9.78 Å². The van der Waals surface area contributed by atoms with Gasteiger partial charge in [0.25, 0.3) is 0 Å². The zero-order chi connectivity index (χ0) is 29.2. The number of hydrogen-bond acceptors (Lipinski definition) is 7. The van der Waals surface area contributed by atoms with E-state index in [1.807, 2.05) is 67.6 Å². The summed E-state index contributed by atoms with van der Waals surface area (Å²) in [6.07, 6.45) is 0.312. The third kappa shape index (κ3) is 7.67. The molecule has 1 aromatic heterocycles. The molecule has 0 saturated heterocycles. The van der Waals surface area contributed by atoms with Crippen LogP contribution in [0.25, 0.3) is 21.3 Å². The third-order valence-corrected chi connectivity index (χ3v) is 7.31. The predicted molar refractivity (Wildman–Crippen MR) is 161 cm³/mol. The van der Waals surface area contributed by atoms with Gasteiger partial charge in [0.2, 0.25) is 11.7 Å². The van der Waals surface area contributed by atoms with Crippen LogP contribution in [0, 0.1) is 0 Å². The molecular formula is C30H32N6O4S. The molecule has 0 radical (unpaired) electrons. The van der Waals surface area contributed by atoms with E-state index >= 15 is 0 Å². The summed E-state index contributed by atoms with van der Waals surface area (Å²) in [5.41, 5.74) is 15.3. The minimum atomic E-state index is -0.686. The lowest BCUT2D eigenvalue weighted by atomic mass is 9.98. The highest BCUT2D eigenvalue weighted by Gasteiger charge is 2.29. The highest BCUT2D eigenvalue weighted by atomic mass is 32.1. The first kappa shape index (κ1) is 29.2. The molecule has 2 amide bonds. The van der Waals surface area contributed by atoms with Crippen molar-refractivity contribution >= 4 is 45.3 Å². The van der Waals surface area contributed by atoms with Crippen LogP contribution in [-0.2, 0) is 9.53 Å². The molecule has 0 saturated carbocycles. The molecular weight excluding hydrogens is 540 g/mol. The zero-order valence-corrected chi connectivity index (χ0v) is 23.4. The Morgan fingerprint density at radius 2 is 1.54 bits per heavy atom. The number of aliphatic imine (C=N–C) groups is 1. The molecule has 0 spiro atoms. The minimum Gasteiger partial charge on any atom is -0.449 e. The van der Waals surface area contributed by atoms with E-state index < -0.39 is 12.0 Å². The summed E-state index contributed by atoms with van der Waals surface area (Å²) < 4.78 is 6.32. The molecule has 11 heteroatoms. The Hall–Kier alpha value is -4.77. The fourth-order valence-electron chi connectivity index (χ4n) is 4.35. The van der Waals surface area contributed by atoms with Crippen molar-refractivity contribution in [2.75, 3.05) is 26.2 Å². The standard InChI is InChI=1S/C26H21N3O4S.C4H11N3/c30-22(25-29-21-11-5-6-12-23(21)34-25)13-27-24(31)14-28-26(32)33-15-20-18-9-3-1-7-16(18)17-8-2-4-10-19(17)20;1-2-3-7-4(5)6/h1-12,20H,13-15H2,(H,27,31)(H,28,32);2-3H2,1H3,(H4,5,6,7). The molecule has 6 N–H and O–H groups in total. The summed E-state index contributed by atoms with van der Waals surface area (Å²) in [6.45, 7) is 2.45. The number of hydrogen-bond donors (Lipinski definition) is 4. The number of Topliss-reactive ketones (excluding diaryl/α,β-unsaturated/α-hetero) is 1. The number of fused-ring (bicyclic) bond motifs is 4. The van der Waals surface area contributed by atoms with Crippen LogP contribution >= 0.6 is 11.3 Å². The molecule has 1 aliphatic carbocycles. The Morgan fingerprint density at radius 1 is 0.902 bits per heavy atom. The quantitative estimate of drug-likeness (QED) is 0.135. The van der Waals surface area contributed by atoms with Crippen LogP contribution in [0.2, 0.25) is 0 Å². The molecule has 0 fully saturated rings. The summed E-state index contributed by atoms with van der Waals surface area (Å²) in [6, 6.07) is 23.6. The Kier molecular flexibility index (Phi) is 10.0. The summed E-state index contributed by atoms with van der Waals surface area (Å²) in [4.78, 5) is 44.6. The summed E-state index contributed by atoms with van der Waals surface area (Å²) in [5, 5.41) is 5.29. The van der Waals surface area contributed by atoms with E-state index in [0.717, 1.165) is 45.4 Å². The summed E-state index contributed by atoms with van der Waals surface area (Å²) in [7, 11) is 0. The topological polar surface area (TPSA) is 162 Å². The maximum atomic E-state index is 12.3. The Labute approximate surface area is 241 Å². The lowest BCUT2D eigenvalue weighted by molar-refractivity contribution is -0.120. The fraction of sp³-hybridized carbons (Fsp3) is 0.233. The highest BCUT2D eigenvalue weighted by molar-refractivity contribution is 7.20. The summed E-state index contributed by atoms with van der Waals surface area (Å²) in [5.74, 6) is -0.640. The van der Waals surface area contributed by atoms with Crippen LogP contribution in [0.15, 0.2) is 77.8 Å². The van der Waals surface area contributed by atoms with E-state index in [2.05, 4.69) is 32.7 Å². The number of aromatic nitrogens is 1. The van der Waals surface area contributed by atoms with Crippen LogP contribution in [0.5, 0.6) is 0 Å². The van der Waals surface area contributed by atoms with Crippen LogP contribution in [0.3, 0.4) is 0 Å². The van der Waals surface area contributed by atoms with Crippen molar-refractivity contribution in [3.05, 3.63) is 88.9 Å². The molecule has 0 bridgehead atoms. The molecule has 4 aromatic rings. The van der Waals surface area contributed by atoms with Gasteiger partial charge in [-0.15, -0.1) is 11.3 Å². The van der Waals surface area contributed by atoms with Crippen molar-refractivity contribution in [3.8, 4) is 11.1 Å². The second-order valence-corrected chi connectivity index (χ2v) is 10.2.